The van der Waals surface area contributed by atoms with Crippen LogP contribution in [0.4, 0.5) is 13.9 Å². The van der Waals surface area contributed by atoms with Crippen LogP contribution in [0.25, 0.3) is 11.3 Å². The largest absolute Gasteiger partial charge is 0.481 e. The molecular formula is C18H15F2N3O3S. The summed E-state index contributed by atoms with van der Waals surface area (Å²) in [6.45, 7) is 0. The van der Waals surface area contributed by atoms with Crippen LogP contribution < -0.4 is 5.32 Å². The van der Waals surface area contributed by atoms with Gasteiger partial charge < -0.3 is 10.4 Å². The molecule has 0 radical (unpaired) electrons. The molecule has 0 bridgehead atoms. The predicted octanol–water partition coefficient (Wildman–Crippen LogP) is 3.79. The molecule has 9 heteroatoms. The monoisotopic (exact) mass is 391 g/mol. The van der Waals surface area contributed by atoms with Crippen LogP contribution in [0, 0.1) is 34.8 Å². The minimum atomic E-state index is -0.913. The fourth-order valence-corrected chi connectivity index (χ4v) is 3.98. The van der Waals surface area contributed by atoms with E-state index in [0.717, 1.165) is 23.5 Å². The van der Waals surface area contributed by atoms with Crippen molar-refractivity contribution in [1.82, 2.24) is 4.98 Å². The molecule has 1 fully saturated rings. The Hall–Kier alpha value is -2.86. The molecule has 1 aliphatic rings. The molecule has 0 aliphatic heterocycles. The van der Waals surface area contributed by atoms with Crippen molar-refractivity contribution in [2.75, 3.05) is 5.32 Å². The van der Waals surface area contributed by atoms with Crippen molar-refractivity contribution in [3.05, 3.63) is 34.7 Å². The van der Waals surface area contributed by atoms with E-state index in [0.29, 0.717) is 25.3 Å². The van der Waals surface area contributed by atoms with Crippen LogP contribution in [0.3, 0.4) is 0 Å². The quantitative estimate of drug-likeness (QED) is 0.825. The number of aromatic nitrogens is 1. The van der Waals surface area contributed by atoms with Crippen LogP contribution in [0.2, 0.25) is 0 Å². The Morgan fingerprint density at radius 2 is 1.89 bits per heavy atom. The van der Waals surface area contributed by atoms with Crippen LogP contribution >= 0.6 is 11.3 Å². The first-order chi connectivity index (χ1) is 12.9. The van der Waals surface area contributed by atoms with Crippen molar-refractivity contribution < 1.29 is 23.5 Å². The molecule has 6 nitrogen and oxygen atoms in total. The van der Waals surface area contributed by atoms with Crippen LogP contribution in [-0.4, -0.2) is 22.0 Å². The highest BCUT2D eigenvalue weighted by Crippen LogP contribution is 2.33. The molecule has 27 heavy (non-hydrogen) atoms. The Labute approximate surface area is 157 Å². The molecule has 1 amide bonds. The number of carboxylic acids is 1. The van der Waals surface area contributed by atoms with Crippen molar-refractivity contribution in [2.24, 2.45) is 11.8 Å². The van der Waals surface area contributed by atoms with E-state index >= 15 is 0 Å². The molecule has 3 rings (SSSR count). The van der Waals surface area contributed by atoms with Gasteiger partial charge in [-0.05, 0) is 31.4 Å². The minimum Gasteiger partial charge on any atom is -0.481 e. The van der Waals surface area contributed by atoms with E-state index in [2.05, 4.69) is 10.3 Å². The zero-order valence-corrected chi connectivity index (χ0v) is 14.9. The number of carbonyl (C=O) groups is 2. The number of carbonyl (C=O) groups excluding carboxylic acids is 1. The first kappa shape index (κ1) is 18.9. The number of nitriles is 1. The molecule has 1 aliphatic carbocycles. The number of carboxylic acid groups (broad SMARTS) is 1. The van der Waals surface area contributed by atoms with Crippen molar-refractivity contribution >= 4 is 28.3 Å². The van der Waals surface area contributed by atoms with Crippen LogP contribution in [0.15, 0.2) is 18.2 Å². The van der Waals surface area contributed by atoms with Crippen LogP contribution in [0.1, 0.15) is 30.6 Å². The van der Waals surface area contributed by atoms with Gasteiger partial charge in [0.05, 0.1) is 5.92 Å². The third kappa shape index (κ3) is 4.28. The summed E-state index contributed by atoms with van der Waals surface area (Å²) >= 11 is 0.900. The number of nitrogens with zero attached hydrogens (tertiary/aromatic N) is 2. The molecule has 2 unspecified atom stereocenters. The smallest absolute Gasteiger partial charge is 0.306 e. The average molecular weight is 391 g/mol. The number of halogens is 2. The molecule has 2 aromatic rings. The van der Waals surface area contributed by atoms with E-state index < -0.39 is 29.4 Å². The first-order valence-corrected chi connectivity index (χ1v) is 9.10. The fourth-order valence-electron chi connectivity index (χ4n) is 3.20. The standard InChI is InChI=1S/C18H15F2N3O3S/c19-12-5-11(6-13(20)7-12)15-14(8-21)27-18(22-15)23-16(24)9-2-1-3-10(4-9)17(25)26/h5-7,9-10H,1-4H2,(H,25,26)(H,22,23,24). The Kier molecular flexibility index (Phi) is 5.46. The number of aliphatic carboxylic acids is 1. The maximum absolute atomic E-state index is 13.4. The number of benzene rings is 1. The molecule has 140 valence electrons. The summed E-state index contributed by atoms with van der Waals surface area (Å²) in [5.74, 6) is -3.88. The second kappa shape index (κ2) is 7.80. The van der Waals surface area contributed by atoms with Crippen molar-refractivity contribution in [3.63, 3.8) is 0 Å². The molecule has 2 atom stereocenters. The summed E-state index contributed by atoms with van der Waals surface area (Å²) in [6.07, 6.45) is 2.02. The van der Waals surface area contributed by atoms with E-state index in [1.54, 1.807) is 0 Å². The molecule has 0 saturated heterocycles. The Morgan fingerprint density at radius 3 is 2.52 bits per heavy atom. The Bertz CT molecular complexity index is 918. The summed E-state index contributed by atoms with van der Waals surface area (Å²) in [6, 6.07) is 4.74. The van der Waals surface area contributed by atoms with E-state index in [-0.39, 0.29) is 33.6 Å². The summed E-state index contributed by atoms with van der Waals surface area (Å²) in [7, 11) is 0. The van der Waals surface area contributed by atoms with Gasteiger partial charge in [0.1, 0.15) is 28.3 Å². The first-order valence-electron chi connectivity index (χ1n) is 8.28. The second-order valence-electron chi connectivity index (χ2n) is 6.35. The third-order valence-corrected chi connectivity index (χ3v) is 5.36. The highest BCUT2D eigenvalue weighted by molar-refractivity contribution is 7.16. The van der Waals surface area contributed by atoms with E-state index in [1.807, 2.05) is 6.07 Å². The van der Waals surface area contributed by atoms with Gasteiger partial charge in [-0.25, -0.2) is 13.8 Å². The predicted molar refractivity (Wildman–Crippen MR) is 93.9 cm³/mol. The van der Waals surface area contributed by atoms with Gasteiger partial charge in [-0.3, -0.25) is 9.59 Å². The molecule has 1 aromatic heterocycles. The lowest BCUT2D eigenvalue weighted by atomic mass is 9.81. The SMILES string of the molecule is N#Cc1sc(NC(=O)C2CCCC(C(=O)O)C2)nc1-c1cc(F)cc(F)c1. The van der Waals surface area contributed by atoms with Gasteiger partial charge >= 0.3 is 5.97 Å². The van der Waals surface area contributed by atoms with Gasteiger partial charge in [0.2, 0.25) is 5.91 Å². The number of anilines is 1. The number of hydrogen-bond donors (Lipinski definition) is 2. The van der Waals surface area contributed by atoms with Crippen molar-refractivity contribution in [3.8, 4) is 17.3 Å². The molecule has 0 spiro atoms. The van der Waals surface area contributed by atoms with Gasteiger partial charge in [-0.1, -0.05) is 17.8 Å². The highest BCUT2D eigenvalue weighted by Gasteiger charge is 2.31. The molecule has 1 heterocycles. The number of amides is 1. The Balaban J connectivity index is 1.80. The second-order valence-corrected chi connectivity index (χ2v) is 7.35. The topological polar surface area (TPSA) is 103 Å². The summed E-state index contributed by atoms with van der Waals surface area (Å²) < 4.78 is 26.9. The number of nitrogens with one attached hydrogen (secondary N) is 1. The maximum atomic E-state index is 13.4. The van der Waals surface area contributed by atoms with E-state index in [4.69, 9.17) is 5.11 Å². The van der Waals surface area contributed by atoms with Crippen LogP contribution in [0.5, 0.6) is 0 Å². The lowest BCUT2D eigenvalue weighted by Crippen LogP contribution is -2.30. The third-order valence-electron chi connectivity index (χ3n) is 4.49. The molecule has 2 N–H and O–H groups in total. The maximum Gasteiger partial charge on any atom is 0.306 e. The number of rotatable bonds is 4. The fraction of sp³-hybridized carbons (Fsp3) is 0.333. The number of thiazole rings is 1. The number of hydrogen-bond acceptors (Lipinski definition) is 5. The average Bonchev–Trinajstić information content (AvgIpc) is 3.04. The summed E-state index contributed by atoms with van der Waals surface area (Å²) in [5.41, 5.74) is 0.188. The normalized spacial score (nSPS) is 19.3. The van der Waals surface area contributed by atoms with Gasteiger partial charge in [0, 0.05) is 17.5 Å². The summed E-state index contributed by atoms with van der Waals surface area (Å²) in [4.78, 5) is 27.8. The van der Waals surface area contributed by atoms with Gasteiger partial charge in [0.15, 0.2) is 5.13 Å². The minimum absolute atomic E-state index is 0.0863. The van der Waals surface area contributed by atoms with Gasteiger partial charge in [0.25, 0.3) is 0 Å². The van der Waals surface area contributed by atoms with Crippen LogP contribution in [-0.2, 0) is 9.59 Å². The zero-order chi connectivity index (χ0) is 19.6. The van der Waals surface area contributed by atoms with E-state index in [9.17, 15) is 23.6 Å². The lowest BCUT2D eigenvalue weighted by Gasteiger charge is -2.25. The lowest BCUT2D eigenvalue weighted by molar-refractivity contribution is -0.143. The molecule has 1 aromatic carbocycles. The van der Waals surface area contributed by atoms with Gasteiger partial charge in [-0.2, -0.15) is 5.26 Å². The highest BCUT2D eigenvalue weighted by atomic mass is 32.1. The van der Waals surface area contributed by atoms with E-state index in [1.165, 1.54) is 0 Å². The van der Waals surface area contributed by atoms with Crippen molar-refractivity contribution in [1.29, 1.82) is 5.26 Å². The summed E-state index contributed by atoms with van der Waals surface area (Å²) in [5, 5.41) is 21.1. The Morgan fingerprint density at radius 1 is 1.22 bits per heavy atom. The zero-order valence-electron chi connectivity index (χ0n) is 14.0. The molecular weight excluding hydrogens is 376 g/mol. The van der Waals surface area contributed by atoms with Crippen molar-refractivity contribution in [2.45, 2.75) is 25.7 Å². The van der Waals surface area contributed by atoms with Gasteiger partial charge in [-0.15, -0.1) is 0 Å². The molecule has 1 saturated carbocycles.